The lowest BCUT2D eigenvalue weighted by Gasteiger charge is -2.17. The second-order valence-electron chi connectivity index (χ2n) is 7.13. The summed E-state index contributed by atoms with van der Waals surface area (Å²) in [5.74, 6) is -1.20. The van der Waals surface area contributed by atoms with Gasteiger partial charge in [-0.3, -0.25) is 14.5 Å². The van der Waals surface area contributed by atoms with Gasteiger partial charge in [-0.05, 0) is 31.4 Å². The van der Waals surface area contributed by atoms with Gasteiger partial charge in [0.1, 0.15) is 5.84 Å². The number of hydrogen-bond donors (Lipinski definition) is 2. The van der Waals surface area contributed by atoms with Crippen LogP contribution in [0.3, 0.4) is 0 Å². The van der Waals surface area contributed by atoms with Crippen molar-refractivity contribution in [1.82, 2.24) is 10.0 Å². The van der Waals surface area contributed by atoms with Gasteiger partial charge in [-0.1, -0.05) is 39.3 Å². The van der Waals surface area contributed by atoms with Crippen molar-refractivity contribution in [3.8, 4) is 0 Å². The van der Waals surface area contributed by atoms with Gasteiger partial charge in [0, 0.05) is 11.6 Å². The number of hydrogen-bond acceptors (Lipinski definition) is 6. The van der Waals surface area contributed by atoms with Crippen LogP contribution in [0, 0.1) is 5.92 Å². The predicted molar refractivity (Wildman–Crippen MR) is 105 cm³/mol. The standard InChI is InChI=1S/C19H27N3O5S/c1-5-8-13(4)20-16(23)11-27-19(24)17(12(2)3)21-18-14-9-6-7-10-15(14)28(25,26)22-18/h6-7,9-10,12-13,17H,5,8,11H2,1-4H3,(H,20,23)(H,21,22)/t13-,17-/m0/s1. The average Bonchev–Trinajstić information content (AvgIpc) is 2.88. The molecule has 0 bridgehead atoms. The molecule has 0 unspecified atom stereocenters. The lowest BCUT2D eigenvalue weighted by molar-refractivity contribution is -0.150. The fourth-order valence-corrected chi connectivity index (χ4v) is 4.13. The second kappa shape index (κ2) is 9.18. The summed E-state index contributed by atoms with van der Waals surface area (Å²) in [6.45, 7) is 7.05. The minimum atomic E-state index is -3.69. The highest BCUT2D eigenvalue weighted by molar-refractivity contribution is 7.90. The molecule has 0 aromatic heterocycles. The summed E-state index contributed by atoms with van der Waals surface area (Å²) in [6.07, 6.45) is 1.77. The number of ether oxygens (including phenoxy) is 1. The average molecular weight is 410 g/mol. The van der Waals surface area contributed by atoms with Crippen molar-refractivity contribution in [3.63, 3.8) is 0 Å². The molecule has 154 valence electrons. The number of amidine groups is 1. The van der Waals surface area contributed by atoms with Crippen LogP contribution in [0.5, 0.6) is 0 Å². The third-order valence-corrected chi connectivity index (χ3v) is 5.68. The molecule has 1 aliphatic rings. The number of benzene rings is 1. The lowest BCUT2D eigenvalue weighted by atomic mass is 10.1. The van der Waals surface area contributed by atoms with Crippen molar-refractivity contribution in [1.29, 1.82) is 0 Å². The van der Waals surface area contributed by atoms with Gasteiger partial charge in [0.15, 0.2) is 12.6 Å². The molecule has 2 rings (SSSR count). The quantitative estimate of drug-likeness (QED) is 0.633. The maximum Gasteiger partial charge on any atom is 0.331 e. The van der Waals surface area contributed by atoms with E-state index in [0.717, 1.165) is 12.8 Å². The molecule has 1 aliphatic heterocycles. The maximum atomic E-state index is 12.5. The molecule has 0 saturated carbocycles. The van der Waals surface area contributed by atoms with Crippen LogP contribution in [0.25, 0.3) is 0 Å². The molecule has 28 heavy (non-hydrogen) atoms. The van der Waals surface area contributed by atoms with Crippen LogP contribution >= 0.6 is 0 Å². The third kappa shape index (κ3) is 5.31. The Kier molecular flexibility index (Phi) is 7.17. The molecule has 0 saturated heterocycles. The zero-order valence-electron chi connectivity index (χ0n) is 16.6. The Labute approximate surface area is 165 Å². The number of amides is 1. The lowest BCUT2D eigenvalue weighted by Crippen LogP contribution is -2.38. The van der Waals surface area contributed by atoms with Gasteiger partial charge in [0.25, 0.3) is 15.9 Å². The first kappa shape index (κ1) is 21.9. The molecular weight excluding hydrogens is 382 g/mol. The monoisotopic (exact) mass is 409 g/mol. The SMILES string of the molecule is CCC[C@H](C)NC(=O)COC(=O)[C@@H](N=C1NS(=O)(=O)c2ccccc21)C(C)C. The first-order valence-electron chi connectivity index (χ1n) is 9.31. The number of nitrogens with one attached hydrogen (secondary N) is 2. The highest BCUT2D eigenvalue weighted by Gasteiger charge is 2.33. The third-order valence-electron chi connectivity index (χ3n) is 4.28. The van der Waals surface area contributed by atoms with Crippen molar-refractivity contribution < 1.29 is 22.7 Å². The summed E-state index contributed by atoms with van der Waals surface area (Å²) in [5.41, 5.74) is 0.409. The molecule has 1 aromatic rings. The number of aliphatic imine (C=N–C) groups is 1. The molecule has 1 aromatic carbocycles. The van der Waals surface area contributed by atoms with E-state index in [1.54, 1.807) is 32.0 Å². The Hall–Kier alpha value is -2.42. The van der Waals surface area contributed by atoms with E-state index in [9.17, 15) is 18.0 Å². The zero-order chi connectivity index (χ0) is 20.9. The molecule has 0 fully saturated rings. The van der Waals surface area contributed by atoms with Crippen LogP contribution in [0.1, 0.15) is 46.1 Å². The number of nitrogens with zero attached hydrogens (tertiary/aromatic N) is 1. The van der Waals surface area contributed by atoms with E-state index in [0.29, 0.717) is 5.56 Å². The Bertz CT molecular complexity index is 864. The number of carbonyl (C=O) groups excluding carboxylic acids is 2. The number of fused-ring (bicyclic) bond motifs is 1. The molecule has 1 amide bonds. The van der Waals surface area contributed by atoms with E-state index in [-0.39, 0.29) is 28.6 Å². The topological polar surface area (TPSA) is 114 Å². The Morgan fingerprint density at radius 3 is 2.54 bits per heavy atom. The van der Waals surface area contributed by atoms with Crippen molar-refractivity contribution in [2.75, 3.05) is 6.61 Å². The van der Waals surface area contributed by atoms with Crippen molar-refractivity contribution >= 4 is 27.7 Å². The maximum absolute atomic E-state index is 12.5. The molecule has 8 nitrogen and oxygen atoms in total. The first-order valence-corrected chi connectivity index (χ1v) is 10.8. The highest BCUT2D eigenvalue weighted by atomic mass is 32.2. The summed E-state index contributed by atoms with van der Waals surface area (Å²) in [4.78, 5) is 28.8. The fourth-order valence-electron chi connectivity index (χ4n) is 2.89. The minimum Gasteiger partial charge on any atom is -0.454 e. The van der Waals surface area contributed by atoms with Gasteiger partial charge in [-0.15, -0.1) is 0 Å². The van der Waals surface area contributed by atoms with Gasteiger partial charge in [-0.2, -0.15) is 0 Å². The van der Waals surface area contributed by atoms with Crippen LogP contribution in [0.4, 0.5) is 0 Å². The van der Waals surface area contributed by atoms with Crippen LogP contribution < -0.4 is 10.0 Å². The number of rotatable bonds is 8. The number of sulfonamides is 1. The van der Waals surface area contributed by atoms with Crippen molar-refractivity contribution in [2.24, 2.45) is 10.9 Å². The minimum absolute atomic E-state index is 0.00161. The van der Waals surface area contributed by atoms with Gasteiger partial charge in [0.05, 0.1) is 4.90 Å². The van der Waals surface area contributed by atoms with Gasteiger partial charge in [-0.25, -0.2) is 13.2 Å². The highest BCUT2D eigenvalue weighted by Crippen LogP contribution is 2.23. The number of esters is 1. The Balaban J connectivity index is 2.11. The molecule has 1 heterocycles. The molecule has 0 spiro atoms. The summed E-state index contributed by atoms with van der Waals surface area (Å²) < 4.78 is 31.9. The molecule has 0 aliphatic carbocycles. The van der Waals surface area contributed by atoms with E-state index in [2.05, 4.69) is 15.0 Å². The molecule has 2 N–H and O–H groups in total. The van der Waals surface area contributed by atoms with Crippen LogP contribution in [-0.4, -0.2) is 44.8 Å². The zero-order valence-corrected chi connectivity index (χ0v) is 17.4. The predicted octanol–water partition coefficient (Wildman–Crippen LogP) is 1.60. The van der Waals surface area contributed by atoms with Gasteiger partial charge in [0.2, 0.25) is 0 Å². The van der Waals surface area contributed by atoms with E-state index in [1.165, 1.54) is 6.07 Å². The van der Waals surface area contributed by atoms with Crippen LogP contribution in [-0.2, 0) is 24.3 Å². The Morgan fingerprint density at radius 1 is 1.21 bits per heavy atom. The molecule has 2 atom stereocenters. The van der Waals surface area contributed by atoms with E-state index in [4.69, 9.17) is 4.74 Å². The first-order chi connectivity index (χ1) is 13.2. The number of carbonyl (C=O) groups is 2. The van der Waals surface area contributed by atoms with E-state index in [1.807, 2.05) is 13.8 Å². The van der Waals surface area contributed by atoms with Crippen LogP contribution in [0.15, 0.2) is 34.2 Å². The summed E-state index contributed by atoms with van der Waals surface area (Å²) in [5, 5.41) is 2.76. The van der Waals surface area contributed by atoms with Crippen molar-refractivity contribution in [2.45, 2.75) is 57.5 Å². The van der Waals surface area contributed by atoms with Gasteiger partial charge >= 0.3 is 5.97 Å². The largest absolute Gasteiger partial charge is 0.454 e. The fraction of sp³-hybridized carbons (Fsp3) is 0.526. The molecule has 9 heteroatoms. The normalized spacial score (nSPS) is 18.2. The van der Waals surface area contributed by atoms with Crippen molar-refractivity contribution in [3.05, 3.63) is 29.8 Å². The second-order valence-corrected chi connectivity index (χ2v) is 8.78. The molecular formula is C19H27N3O5S. The summed E-state index contributed by atoms with van der Waals surface area (Å²) in [7, 11) is -3.69. The van der Waals surface area contributed by atoms with Gasteiger partial charge < -0.3 is 10.1 Å². The summed E-state index contributed by atoms with van der Waals surface area (Å²) >= 11 is 0. The molecule has 0 radical (unpaired) electrons. The van der Waals surface area contributed by atoms with Crippen LogP contribution in [0.2, 0.25) is 0 Å². The van der Waals surface area contributed by atoms with E-state index < -0.39 is 28.6 Å². The summed E-state index contributed by atoms with van der Waals surface area (Å²) in [6, 6.07) is 5.47. The van der Waals surface area contributed by atoms with E-state index >= 15 is 0 Å². The smallest absolute Gasteiger partial charge is 0.331 e. The Morgan fingerprint density at radius 2 is 1.89 bits per heavy atom.